The van der Waals surface area contributed by atoms with Crippen LogP contribution in [0, 0.1) is 0 Å². The molecule has 4 nitrogen and oxygen atoms in total. The molecule has 0 amide bonds. The lowest BCUT2D eigenvalue weighted by molar-refractivity contribution is 0.104. The summed E-state index contributed by atoms with van der Waals surface area (Å²) in [5, 5.41) is 0. The second-order valence-corrected chi connectivity index (χ2v) is 4.51. The molecule has 2 aromatic carbocycles. The molecule has 4 heteroatoms. The van der Waals surface area contributed by atoms with E-state index in [-0.39, 0.29) is 5.78 Å². The van der Waals surface area contributed by atoms with E-state index in [2.05, 4.69) is 0 Å². The number of ketones is 1. The van der Waals surface area contributed by atoms with Gasteiger partial charge in [-0.2, -0.15) is 0 Å². The van der Waals surface area contributed by atoms with Gasteiger partial charge in [0, 0.05) is 11.1 Å². The largest absolute Gasteiger partial charge is 0.497 e. The minimum absolute atomic E-state index is 0.0903. The molecule has 2 rings (SSSR count). The maximum absolute atomic E-state index is 12.2. The van der Waals surface area contributed by atoms with E-state index >= 15 is 0 Å². The summed E-state index contributed by atoms with van der Waals surface area (Å²) in [4.78, 5) is 12.2. The molecule has 0 heterocycles. The molecule has 0 fully saturated rings. The number of para-hydroxylation sites is 1. The fraction of sp³-hybridized carbons (Fsp3) is 0.167. The van der Waals surface area contributed by atoms with Crippen LogP contribution in [0.15, 0.2) is 48.5 Å². The van der Waals surface area contributed by atoms with Crippen molar-refractivity contribution in [1.29, 1.82) is 0 Å². The first-order chi connectivity index (χ1) is 10.7. The van der Waals surface area contributed by atoms with Gasteiger partial charge in [0.1, 0.15) is 5.75 Å². The van der Waals surface area contributed by atoms with Gasteiger partial charge in [0.05, 0.1) is 21.3 Å². The van der Waals surface area contributed by atoms with Crippen molar-refractivity contribution in [3.05, 3.63) is 59.7 Å². The van der Waals surface area contributed by atoms with Crippen LogP contribution in [0.5, 0.6) is 17.2 Å². The van der Waals surface area contributed by atoms with Crippen molar-refractivity contribution in [1.82, 2.24) is 0 Å². The minimum atomic E-state index is -0.0903. The molecule has 2 aromatic rings. The Labute approximate surface area is 129 Å². The van der Waals surface area contributed by atoms with Crippen molar-refractivity contribution in [2.45, 2.75) is 0 Å². The van der Waals surface area contributed by atoms with Crippen molar-refractivity contribution in [2.24, 2.45) is 0 Å². The molecule has 0 atom stereocenters. The Bertz CT molecular complexity index is 672. The highest BCUT2D eigenvalue weighted by molar-refractivity contribution is 6.07. The van der Waals surface area contributed by atoms with E-state index in [1.54, 1.807) is 51.7 Å². The van der Waals surface area contributed by atoms with Crippen LogP contribution in [0.4, 0.5) is 0 Å². The van der Waals surface area contributed by atoms with Crippen LogP contribution in [0.2, 0.25) is 0 Å². The van der Waals surface area contributed by atoms with Crippen LogP contribution >= 0.6 is 0 Å². The van der Waals surface area contributed by atoms with Gasteiger partial charge in [-0.05, 0) is 42.5 Å². The number of hydrogen-bond acceptors (Lipinski definition) is 4. The summed E-state index contributed by atoms with van der Waals surface area (Å²) < 4.78 is 15.6. The Morgan fingerprint density at radius 3 is 2.23 bits per heavy atom. The Kier molecular flexibility index (Phi) is 5.20. The van der Waals surface area contributed by atoms with Crippen molar-refractivity contribution in [3.8, 4) is 17.2 Å². The molecule has 0 radical (unpaired) electrons. The molecule has 0 bridgehead atoms. The number of benzene rings is 2. The molecule has 0 spiro atoms. The lowest BCUT2D eigenvalue weighted by Gasteiger charge is -2.09. The van der Waals surface area contributed by atoms with E-state index in [0.29, 0.717) is 17.1 Å². The maximum atomic E-state index is 12.2. The lowest BCUT2D eigenvalue weighted by atomic mass is 10.1. The molecule has 0 N–H and O–H groups in total. The average molecular weight is 298 g/mol. The zero-order chi connectivity index (χ0) is 15.9. The van der Waals surface area contributed by atoms with Gasteiger partial charge in [-0.1, -0.05) is 12.1 Å². The number of rotatable bonds is 6. The van der Waals surface area contributed by atoms with Gasteiger partial charge >= 0.3 is 0 Å². The van der Waals surface area contributed by atoms with E-state index in [9.17, 15) is 4.79 Å². The third kappa shape index (κ3) is 3.47. The number of ether oxygens (including phenoxy) is 3. The number of carbonyl (C=O) groups excluding carboxylic acids is 1. The highest BCUT2D eigenvalue weighted by atomic mass is 16.5. The Hall–Kier alpha value is -2.75. The summed E-state index contributed by atoms with van der Waals surface area (Å²) in [5.74, 6) is 1.85. The molecular weight excluding hydrogens is 280 g/mol. The van der Waals surface area contributed by atoms with Gasteiger partial charge in [0.15, 0.2) is 17.3 Å². The topological polar surface area (TPSA) is 44.8 Å². The van der Waals surface area contributed by atoms with E-state index in [0.717, 1.165) is 11.3 Å². The normalized spacial score (nSPS) is 10.5. The monoisotopic (exact) mass is 298 g/mol. The van der Waals surface area contributed by atoms with Crippen LogP contribution in [-0.4, -0.2) is 27.1 Å². The maximum Gasteiger partial charge on any atom is 0.185 e. The summed E-state index contributed by atoms with van der Waals surface area (Å²) in [6.45, 7) is 0. The first-order valence-electron chi connectivity index (χ1n) is 6.77. The molecule has 22 heavy (non-hydrogen) atoms. The summed E-state index contributed by atoms with van der Waals surface area (Å²) in [6.07, 6.45) is 3.23. The van der Waals surface area contributed by atoms with E-state index in [1.165, 1.54) is 6.08 Å². The molecule has 0 aliphatic rings. The Morgan fingerprint density at radius 2 is 1.64 bits per heavy atom. The molecular formula is C18H18O4. The zero-order valence-corrected chi connectivity index (χ0v) is 12.8. The molecule has 0 aromatic heterocycles. The first-order valence-corrected chi connectivity index (χ1v) is 6.77. The number of carbonyl (C=O) groups is 1. The van der Waals surface area contributed by atoms with Gasteiger partial charge in [-0.25, -0.2) is 0 Å². The van der Waals surface area contributed by atoms with Crippen LogP contribution in [0.3, 0.4) is 0 Å². The van der Waals surface area contributed by atoms with Crippen molar-refractivity contribution < 1.29 is 19.0 Å². The predicted octanol–water partition coefficient (Wildman–Crippen LogP) is 3.61. The van der Waals surface area contributed by atoms with E-state index in [1.807, 2.05) is 18.2 Å². The molecule has 0 unspecified atom stereocenters. The second kappa shape index (κ2) is 7.31. The zero-order valence-electron chi connectivity index (χ0n) is 12.8. The average Bonchev–Trinajstić information content (AvgIpc) is 2.59. The molecule has 0 saturated heterocycles. The van der Waals surface area contributed by atoms with Crippen LogP contribution in [0.1, 0.15) is 15.9 Å². The standard InChI is InChI=1S/C18H18O4/c1-20-15-10-7-13(8-11-15)16(19)12-9-14-5-4-6-17(21-2)18(14)22-3/h4-12H,1-3H3/b12-9+. The highest BCUT2D eigenvalue weighted by Gasteiger charge is 2.08. The summed E-state index contributed by atoms with van der Waals surface area (Å²) in [6, 6.07) is 12.5. The summed E-state index contributed by atoms with van der Waals surface area (Å²) in [5.41, 5.74) is 1.38. The SMILES string of the molecule is COc1ccc(C(=O)/C=C/c2cccc(OC)c2OC)cc1. The first kappa shape index (κ1) is 15.6. The fourth-order valence-corrected chi connectivity index (χ4v) is 2.06. The number of hydrogen-bond donors (Lipinski definition) is 0. The van der Waals surface area contributed by atoms with Gasteiger partial charge in [0.25, 0.3) is 0 Å². The smallest absolute Gasteiger partial charge is 0.185 e. The van der Waals surface area contributed by atoms with Crippen LogP contribution in [0.25, 0.3) is 6.08 Å². The van der Waals surface area contributed by atoms with Gasteiger partial charge in [0.2, 0.25) is 0 Å². The van der Waals surface area contributed by atoms with E-state index < -0.39 is 0 Å². The summed E-state index contributed by atoms with van der Waals surface area (Å²) >= 11 is 0. The Balaban J connectivity index is 2.22. The fourth-order valence-electron chi connectivity index (χ4n) is 2.06. The van der Waals surface area contributed by atoms with Gasteiger partial charge < -0.3 is 14.2 Å². The Morgan fingerprint density at radius 1 is 0.909 bits per heavy atom. The van der Waals surface area contributed by atoms with Crippen LogP contribution < -0.4 is 14.2 Å². The molecule has 114 valence electrons. The molecule has 0 aliphatic heterocycles. The minimum Gasteiger partial charge on any atom is -0.497 e. The summed E-state index contributed by atoms with van der Waals surface area (Å²) in [7, 11) is 4.74. The third-order valence-corrected chi connectivity index (χ3v) is 3.22. The number of allylic oxidation sites excluding steroid dienone is 1. The number of methoxy groups -OCH3 is 3. The van der Waals surface area contributed by atoms with Crippen molar-refractivity contribution in [3.63, 3.8) is 0 Å². The molecule has 0 aliphatic carbocycles. The van der Waals surface area contributed by atoms with Gasteiger partial charge in [-0.15, -0.1) is 0 Å². The second-order valence-electron chi connectivity index (χ2n) is 4.51. The quantitative estimate of drug-likeness (QED) is 0.603. The molecule has 0 saturated carbocycles. The van der Waals surface area contributed by atoms with Crippen LogP contribution in [-0.2, 0) is 0 Å². The third-order valence-electron chi connectivity index (χ3n) is 3.22. The lowest BCUT2D eigenvalue weighted by Crippen LogP contribution is -1.95. The van der Waals surface area contributed by atoms with E-state index in [4.69, 9.17) is 14.2 Å². The highest BCUT2D eigenvalue weighted by Crippen LogP contribution is 2.31. The van der Waals surface area contributed by atoms with Crippen molar-refractivity contribution in [2.75, 3.05) is 21.3 Å². The van der Waals surface area contributed by atoms with Gasteiger partial charge in [-0.3, -0.25) is 4.79 Å². The predicted molar refractivity (Wildman–Crippen MR) is 85.9 cm³/mol. The van der Waals surface area contributed by atoms with Crippen molar-refractivity contribution >= 4 is 11.9 Å².